The van der Waals surface area contributed by atoms with Crippen LogP contribution in [-0.2, 0) is 4.74 Å². The molecule has 0 heterocycles. The fourth-order valence-corrected chi connectivity index (χ4v) is 2.12. The quantitative estimate of drug-likeness (QED) is 0.690. The van der Waals surface area contributed by atoms with Crippen molar-refractivity contribution in [1.82, 2.24) is 4.90 Å². The molecule has 0 radical (unpaired) electrons. The van der Waals surface area contributed by atoms with Crippen LogP contribution in [0.4, 0.5) is 0 Å². The number of rotatable bonds is 3. The molecule has 0 saturated heterocycles. The molecule has 1 aliphatic rings. The van der Waals surface area contributed by atoms with E-state index in [0.717, 1.165) is 12.8 Å². The lowest BCUT2D eigenvalue weighted by atomic mass is 10.0. The summed E-state index contributed by atoms with van der Waals surface area (Å²) in [6, 6.07) is 2.73. The van der Waals surface area contributed by atoms with Gasteiger partial charge in [0.25, 0.3) is 0 Å². The Hall–Kier alpha value is -0.590. The minimum Gasteiger partial charge on any atom is -0.380 e. The van der Waals surface area contributed by atoms with E-state index in [1.807, 2.05) is 20.9 Å². The molecule has 1 fully saturated rings. The second-order valence-corrected chi connectivity index (χ2v) is 4.55. The lowest BCUT2D eigenvalue weighted by Gasteiger charge is -2.37. The Balaban J connectivity index is 2.69. The molecule has 0 aliphatic heterocycles. The molecule has 1 rings (SSSR count). The van der Waals surface area contributed by atoms with Crippen LogP contribution >= 0.6 is 0 Å². The largest absolute Gasteiger partial charge is 0.380 e. The van der Waals surface area contributed by atoms with Crippen molar-refractivity contribution in [1.29, 1.82) is 5.26 Å². The van der Waals surface area contributed by atoms with E-state index in [9.17, 15) is 0 Å². The summed E-state index contributed by atoms with van der Waals surface area (Å²) in [4.78, 5) is 2.15. The van der Waals surface area contributed by atoms with Crippen molar-refractivity contribution >= 4 is 0 Å². The lowest BCUT2D eigenvalue weighted by molar-refractivity contribution is 0.0183. The molecule has 3 nitrogen and oxygen atoms in total. The molecule has 0 spiro atoms. The highest BCUT2D eigenvalue weighted by Gasteiger charge is 2.37. The first-order chi connectivity index (χ1) is 6.53. The molecule has 3 heteroatoms. The first-order valence-corrected chi connectivity index (χ1v) is 5.20. The number of nitriles is 1. The summed E-state index contributed by atoms with van der Waals surface area (Å²) in [7, 11) is 3.78. The van der Waals surface area contributed by atoms with Gasteiger partial charge in [0.05, 0.1) is 12.2 Å². The molecule has 2 unspecified atom stereocenters. The van der Waals surface area contributed by atoms with Gasteiger partial charge in [-0.3, -0.25) is 4.90 Å². The third-order valence-corrected chi connectivity index (χ3v) is 3.37. The van der Waals surface area contributed by atoms with E-state index in [1.165, 1.54) is 6.42 Å². The summed E-state index contributed by atoms with van der Waals surface area (Å²) in [5, 5.41) is 9.05. The first kappa shape index (κ1) is 11.5. The standard InChI is InChI=1S/C11H20N2O/c1-11(2,8-12)13(3)9-6-5-7-10(9)14-4/h9-10H,5-7H2,1-4H3. The minimum absolute atomic E-state index is 0.299. The fourth-order valence-electron chi connectivity index (χ4n) is 2.12. The molecule has 0 aromatic heterocycles. The number of likely N-dealkylation sites (N-methyl/N-ethyl adjacent to an activating group) is 1. The van der Waals surface area contributed by atoms with E-state index in [0.29, 0.717) is 12.1 Å². The molecule has 0 aromatic carbocycles. The van der Waals surface area contributed by atoms with Gasteiger partial charge in [-0.2, -0.15) is 5.26 Å². The summed E-state index contributed by atoms with van der Waals surface area (Å²) in [5.41, 5.74) is -0.397. The molecule has 2 atom stereocenters. The third kappa shape index (κ3) is 2.08. The van der Waals surface area contributed by atoms with Gasteiger partial charge in [-0.05, 0) is 40.2 Å². The van der Waals surface area contributed by atoms with Crippen LogP contribution in [-0.4, -0.2) is 36.7 Å². The van der Waals surface area contributed by atoms with Gasteiger partial charge >= 0.3 is 0 Å². The van der Waals surface area contributed by atoms with Crippen molar-refractivity contribution in [3.05, 3.63) is 0 Å². The maximum absolute atomic E-state index is 9.05. The molecule has 0 bridgehead atoms. The van der Waals surface area contributed by atoms with Crippen LogP contribution in [0.3, 0.4) is 0 Å². The number of hydrogen-bond donors (Lipinski definition) is 0. The topological polar surface area (TPSA) is 36.3 Å². The number of nitrogens with zero attached hydrogens (tertiary/aromatic N) is 2. The van der Waals surface area contributed by atoms with Gasteiger partial charge in [-0.15, -0.1) is 0 Å². The predicted octanol–water partition coefficient (Wildman–Crippen LogP) is 1.79. The van der Waals surface area contributed by atoms with Crippen molar-refractivity contribution < 1.29 is 4.74 Å². The summed E-state index contributed by atoms with van der Waals surface area (Å²) < 4.78 is 5.43. The van der Waals surface area contributed by atoms with Gasteiger partial charge in [0, 0.05) is 13.2 Å². The van der Waals surface area contributed by atoms with Crippen LogP contribution in [0.15, 0.2) is 0 Å². The number of ether oxygens (including phenoxy) is 1. The van der Waals surface area contributed by atoms with E-state index in [-0.39, 0.29) is 0 Å². The number of methoxy groups -OCH3 is 1. The third-order valence-electron chi connectivity index (χ3n) is 3.37. The summed E-state index contributed by atoms with van der Waals surface area (Å²) >= 11 is 0. The van der Waals surface area contributed by atoms with Crippen molar-refractivity contribution in [3.63, 3.8) is 0 Å². The zero-order valence-corrected chi connectivity index (χ0v) is 9.58. The predicted molar refractivity (Wildman–Crippen MR) is 55.9 cm³/mol. The molecule has 1 aliphatic carbocycles. The Morgan fingerprint density at radius 2 is 2.07 bits per heavy atom. The van der Waals surface area contributed by atoms with Crippen LogP contribution in [0.2, 0.25) is 0 Å². The molecule has 0 N–H and O–H groups in total. The second-order valence-electron chi connectivity index (χ2n) is 4.55. The van der Waals surface area contributed by atoms with Crippen LogP contribution in [0.25, 0.3) is 0 Å². The SMILES string of the molecule is COC1CCCC1N(C)C(C)(C)C#N. The summed E-state index contributed by atoms with van der Waals surface area (Å²) in [6.07, 6.45) is 3.76. The molecule has 80 valence electrons. The maximum atomic E-state index is 9.05. The normalized spacial score (nSPS) is 28.0. The lowest BCUT2D eigenvalue weighted by Crippen LogP contribution is -2.49. The first-order valence-electron chi connectivity index (χ1n) is 5.20. The van der Waals surface area contributed by atoms with E-state index in [1.54, 1.807) is 7.11 Å². The Bertz CT molecular complexity index is 232. The number of hydrogen-bond acceptors (Lipinski definition) is 3. The molecular formula is C11H20N2O. The van der Waals surface area contributed by atoms with Gasteiger partial charge in [-0.25, -0.2) is 0 Å². The summed E-state index contributed by atoms with van der Waals surface area (Å²) in [5.74, 6) is 0. The van der Waals surface area contributed by atoms with Gasteiger partial charge < -0.3 is 4.74 Å². The molecule has 0 amide bonds. The molecule has 1 saturated carbocycles. The molecule has 0 aromatic rings. The zero-order chi connectivity index (χ0) is 10.8. The van der Waals surface area contributed by atoms with Crippen LogP contribution in [0.1, 0.15) is 33.1 Å². The average molecular weight is 196 g/mol. The van der Waals surface area contributed by atoms with Crippen molar-refractivity contribution in [2.24, 2.45) is 0 Å². The van der Waals surface area contributed by atoms with Gasteiger partial charge in [0.2, 0.25) is 0 Å². The van der Waals surface area contributed by atoms with Crippen LogP contribution < -0.4 is 0 Å². The maximum Gasteiger partial charge on any atom is 0.103 e. The van der Waals surface area contributed by atoms with E-state index in [2.05, 4.69) is 11.0 Å². The highest BCUT2D eigenvalue weighted by molar-refractivity contribution is 5.04. The smallest absolute Gasteiger partial charge is 0.103 e. The Kier molecular flexibility index (Phi) is 3.52. The monoisotopic (exact) mass is 196 g/mol. The highest BCUT2D eigenvalue weighted by Crippen LogP contribution is 2.29. The second kappa shape index (κ2) is 4.29. The Labute approximate surface area is 86.6 Å². The van der Waals surface area contributed by atoms with E-state index >= 15 is 0 Å². The average Bonchev–Trinajstić information content (AvgIpc) is 2.64. The Morgan fingerprint density at radius 3 is 2.57 bits per heavy atom. The van der Waals surface area contributed by atoms with Crippen molar-refractivity contribution in [2.75, 3.05) is 14.2 Å². The molecule has 14 heavy (non-hydrogen) atoms. The van der Waals surface area contributed by atoms with Crippen molar-refractivity contribution in [3.8, 4) is 6.07 Å². The molecular weight excluding hydrogens is 176 g/mol. The highest BCUT2D eigenvalue weighted by atomic mass is 16.5. The van der Waals surface area contributed by atoms with Crippen molar-refractivity contribution in [2.45, 2.75) is 50.8 Å². The summed E-state index contributed by atoms with van der Waals surface area (Å²) in [6.45, 7) is 3.91. The fraction of sp³-hybridized carbons (Fsp3) is 0.909. The Morgan fingerprint density at radius 1 is 1.43 bits per heavy atom. The van der Waals surface area contributed by atoms with Gasteiger partial charge in [-0.1, -0.05) is 0 Å². The van der Waals surface area contributed by atoms with Gasteiger partial charge in [0.15, 0.2) is 0 Å². The van der Waals surface area contributed by atoms with E-state index < -0.39 is 5.54 Å². The minimum atomic E-state index is -0.397. The zero-order valence-electron chi connectivity index (χ0n) is 9.58. The van der Waals surface area contributed by atoms with E-state index in [4.69, 9.17) is 10.00 Å². The van der Waals surface area contributed by atoms with Crippen LogP contribution in [0, 0.1) is 11.3 Å². The van der Waals surface area contributed by atoms with Crippen LogP contribution in [0.5, 0.6) is 0 Å². The van der Waals surface area contributed by atoms with Gasteiger partial charge in [0.1, 0.15) is 5.54 Å².